The minimum atomic E-state index is -0.509. The molecule has 1 aromatic rings. The summed E-state index contributed by atoms with van der Waals surface area (Å²) in [4.78, 5) is 11.7. The standard InChI is InChI=1S/C11H19N3O2/c1-6(2)5-9(12)10(15)13-11-7(3)8(4)14-16-11/h6,9H,5,12H2,1-4H3,(H,13,15)/t9-/m1/s1. The SMILES string of the molecule is Cc1noc(NC(=O)[C@H](N)CC(C)C)c1C. The smallest absolute Gasteiger partial charge is 0.243 e. The lowest BCUT2D eigenvalue weighted by atomic mass is 10.0. The first-order valence-electron chi connectivity index (χ1n) is 5.41. The average molecular weight is 225 g/mol. The van der Waals surface area contributed by atoms with Crippen LogP contribution in [0.1, 0.15) is 31.5 Å². The first kappa shape index (κ1) is 12.7. The molecule has 0 aromatic carbocycles. The van der Waals surface area contributed by atoms with Gasteiger partial charge in [0.2, 0.25) is 11.8 Å². The maximum Gasteiger partial charge on any atom is 0.243 e. The van der Waals surface area contributed by atoms with E-state index < -0.39 is 6.04 Å². The Kier molecular flexibility index (Phi) is 4.06. The van der Waals surface area contributed by atoms with Gasteiger partial charge in [0.25, 0.3) is 0 Å². The second-order valence-corrected chi connectivity index (χ2v) is 4.45. The van der Waals surface area contributed by atoms with Gasteiger partial charge in [-0.25, -0.2) is 0 Å². The highest BCUT2D eigenvalue weighted by atomic mass is 16.5. The Hall–Kier alpha value is -1.36. The van der Waals surface area contributed by atoms with Crippen LogP contribution in [0.5, 0.6) is 0 Å². The van der Waals surface area contributed by atoms with Gasteiger partial charge in [0.15, 0.2) is 0 Å². The second-order valence-electron chi connectivity index (χ2n) is 4.45. The number of carbonyl (C=O) groups excluding carboxylic acids is 1. The molecule has 3 N–H and O–H groups in total. The van der Waals surface area contributed by atoms with Gasteiger partial charge in [-0.05, 0) is 26.2 Å². The molecule has 5 heteroatoms. The lowest BCUT2D eigenvalue weighted by Crippen LogP contribution is -2.36. The molecule has 0 spiro atoms. The number of aromatic nitrogens is 1. The summed E-state index contributed by atoms with van der Waals surface area (Å²) in [5, 5.41) is 6.40. The molecule has 5 nitrogen and oxygen atoms in total. The van der Waals surface area contributed by atoms with Gasteiger partial charge in [-0.1, -0.05) is 19.0 Å². The molecule has 0 aliphatic rings. The van der Waals surface area contributed by atoms with Gasteiger partial charge in [0.05, 0.1) is 11.7 Å². The number of nitrogens with two attached hydrogens (primary N) is 1. The molecule has 90 valence electrons. The van der Waals surface area contributed by atoms with Crippen LogP contribution in [0, 0.1) is 19.8 Å². The van der Waals surface area contributed by atoms with Crippen LogP contribution < -0.4 is 11.1 Å². The van der Waals surface area contributed by atoms with E-state index >= 15 is 0 Å². The fourth-order valence-corrected chi connectivity index (χ4v) is 1.35. The van der Waals surface area contributed by atoms with Crippen LogP contribution in [0.3, 0.4) is 0 Å². The first-order valence-corrected chi connectivity index (χ1v) is 5.41. The Morgan fingerprint density at radius 1 is 1.50 bits per heavy atom. The van der Waals surface area contributed by atoms with E-state index in [1.54, 1.807) is 0 Å². The van der Waals surface area contributed by atoms with E-state index in [9.17, 15) is 4.79 Å². The fraction of sp³-hybridized carbons (Fsp3) is 0.636. The summed E-state index contributed by atoms with van der Waals surface area (Å²) in [6, 6.07) is -0.509. The van der Waals surface area contributed by atoms with Crippen LogP contribution in [0.25, 0.3) is 0 Å². The lowest BCUT2D eigenvalue weighted by molar-refractivity contribution is -0.117. The first-order chi connectivity index (χ1) is 7.41. The molecule has 0 aliphatic carbocycles. The summed E-state index contributed by atoms with van der Waals surface area (Å²) < 4.78 is 4.98. The van der Waals surface area contributed by atoms with Crippen LogP contribution in [-0.2, 0) is 4.79 Å². The van der Waals surface area contributed by atoms with Crippen molar-refractivity contribution in [1.29, 1.82) is 0 Å². The van der Waals surface area contributed by atoms with Crippen molar-refractivity contribution in [2.24, 2.45) is 11.7 Å². The molecule has 0 bridgehead atoms. The molecule has 1 rings (SSSR count). The predicted molar refractivity (Wildman–Crippen MR) is 62.0 cm³/mol. The summed E-state index contributed by atoms with van der Waals surface area (Å²) >= 11 is 0. The van der Waals surface area contributed by atoms with E-state index in [-0.39, 0.29) is 5.91 Å². The molecule has 0 radical (unpaired) electrons. The van der Waals surface area contributed by atoms with Crippen molar-refractivity contribution in [2.45, 2.75) is 40.2 Å². The third-order valence-electron chi connectivity index (χ3n) is 2.46. The highest BCUT2D eigenvalue weighted by molar-refractivity contribution is 5.94. The highest BCUT2D eigenvalue weighted by Gasteiger charge is 2.18. The van der Waals surface area contributed by atoms with Crippen molar-refractivity contribution in [2.75, 3.05) is 5.32 Å². The molecule has 1 amide bonds. The zero-order valence-electron chi connectivity index (χ0n) is 10.2. The van der Waals surface area contributed by atoms with Gasteiger partial charge in [-0.15, -0.1) is 0 Å². The third-order valence-corrected chi connectivity index (χ3v) is 2.46. The summed E-state index contributed by atoms with van der Waals surface area (Å²) in [5.41, 5.74) is 7.36. The number of amides is 1. The van der Waals surface area contributed by atoms with Crippen LogP contribution in [0.4, 0.5) is 5.88 Å². The summed E-state index contributed by atoms with van der Waals surface area (Å²) in [6.07, 6.45) is 0.651. The molecule has 0 unspecified atom stereocenters. The van der Waals surface area contributed by atoms with Crippen molar-refractivity contribution in [1.82, 2.24) is 5.16 Å². The Bertz CT molecular complexity index is 371. The monoisotopic (exact) mass is 225 g/mol. The molecule has 0 saturated carbocycles. The van der Waals surface area contributed by atoms with Gasteiger partial charge in [-0.3, -0.25) is 10.1 Å². The number of hydrogen-bond donors (Lipinski definition) is 2. The van der Waals surface area contributed by atoms with Crippen LogP contribution in [0.2, 0.25) is 0 Å². The molecule has 0 saturated heterocycles. The zero-order valence-corrected chi connectivity index (χ0v) is 10.2. The number of hydrogen-bond acceptors (Lipinski definition) is 4. The highest BCUT2D eigenvalue weighted by Crippen LogP contribution is 2.17. The van der Waals surface area contributed by atoms with Crippen molar-refractivity contribution < 1.29 is 9.32 Å². The Labute approximate surface area is 95.4 Å². The van der Waals surface area contributed by atoms with Gasteiger partial charge in [0, 0.05) is 5.56 Å². The van der Waals surface area contributed by atoms with Gasteiger partial charge in [-0.2, -0.15) is 0 Å². The molecule has 1 atom stereocenters. The molecular weight excluding hydrogens is 206 g/mol. The van der Waals surface area contributed by atoms with E-state index in [1.807, 2.05) is 27.7 Å². The van der Waals surface area contributed by atoms with E-state index in [0.29, 0.717) is 18.2 Å². The number of rotatable bonds is 4. The number of aryl methyl sites for hydroxylation is 1. The topological polar surface area (TPSA) is 81.2 Å². The molecule has 1 heterocycles. The number of nitrogens with zero attached hydrogens (tertiary/aromatic N) is 1. The summed E-state index contributed by atoms with van der Waals surface area (Å²) in [7, 11) is 0. The van der Waals surface area contributed by atoms with Crippen LogP contribution in [-0.4, -0.2) is 17.1 Å². The van der Waals surface area contributed by atoms with Crippen molar-refractivity contribution in [3.8, 4) is 0 Å². The molecule has 16 heavy (non-hydrogen) atoms. The van der Waals surface area contributed by atoms with E-state index in [2.05, 4.69) is 10.5 Å². The molecule has 1 aromatic heterocycles. The largest absolute Gasteiger partial charge is 0.338 e. The lowest BCUT2D eigenvalue weighted by Gasteiger charge is -2.12. The van der Waals surface area contributed by atoms with Gasteiger partial charge >= 0.3 is 0 Å². The minimum Gasteiger partial charge on any atom is -0.338 e. The van der Waals surface area contributed by atoms with Crippen molar-refractivity contribution >= 4 is 11.8 Å². The normalized spacial score (nSPS) is 12.9. The molecule has 0 aliphatic heterocycles. The summed E-state index contributed by atoms with van der Waals surface area (Å²) in [5.74, 6) is 0.549. The number of anilines is 1. The predicted octanol–water partition coefficient (Wildman–Crippen LogP) is 1.60. The minimum absolute atomic E-state index is 0.229. The quantitative estimate of drug-likeness (QED) is 0.815. The van der Waals surface area contributed by atoms with Crippen molar-refractivity contribution in [3.63, 3.8) is 0 Å². The van der Waals surface area contributed by atoms with Crippen molar-refractivity contribution in [3.05, 3.63) is 11.3 Å². The maximum absolute atomic E-state index is 11.7. The molecular formula is C11H19N3O2. The maximum atomic E-state index is 11.7. The Balaban J connectivity index is 2.61. The number of carbonyl (C=O) groups is 1. The van der Waals surface area contributed by atoms with Crippen LogP contribution in [0.15, 0.2) is 4.52 Å². The van der Waals surface area contributed by atoms with E-state index in [1.165, 1.54) is 0 Å². The zero-order chi connectivity index (χ0) is 12.3. The van der Waals surface area contributed by atoms with Crippen LogP contribution >= 0.6 is 0 Å². The Morgan fingerprint density at radius 3 is 2.56 bits per heavy atom. The second kappa shape index (κ2) is 5.12. The van der Waals surface area contributed by atoms with Gasteiger partial charge < -0.3 is 10.3 Å². The van der Waals surface area contributed by atoms with E-state index in [4.69, 9.17) is 10.3 Å². The Morgan fingerprint density at radius 2 is 2.12 bits per heavy atom. The average Bonchev–Trinajstić information content (AvgIpc) is 2.48. The third kappa shape index (κ3) is 3.06. The summed E-state index contributed by atoms with van der Waals surface area (Å²) in [6.45, 7) is 7.71. The van der Waals surface area contributed by atoms with E-state index in [0.717, 1.165) is 11.3 Å². The fourth-order valence-electron chi connectivity index (χ4n) is 1.35. The number of nitrogens with one attached hydrogen (secondary N) is 1. The molecule has 0 fully saturated rings. The van der Waals surface area contributed by atoms with Gasteiger partial charge in [0.1, 0.15) is 0 Å².